The summed E-state index contributed by atoms with van der Waals surface area (Å²) in [6.07, 6.45) is -8.10. The SMILES string of the molecule is O=C(Nc1ccc(C(=O)N2CC(F)C2)cc1OC(CCl)C(F)(F)F)Oc1nc2cc(Cl)ccn2n1. The van der Waals surface area contributed by atoms with Gasteiger partial charge in [-0.1, -0.05) is 11.6 Å². The second-order valence-corrected chi connectivity index (χ2v) is 8.12. The monoisotopic (exact) mass is 535 g/mol. The van der Waals surface area contributed by atoms with Gasteiger partial charge in [-0.15, -0.1) is 16.7 Å². The van der Waals surface area contributed by atoms with Crippen molar-refractivity contribution in [1.29, 1.82) is 0 Å². The highest BCUT2D eigenvalue weighted by molar-refractivity contribution is 6.30. The van der Waals surface area contributed by atoms with Crippen LogP contribution in [0.2, 0.25) is 5.02 Å². The van der Waals surface area contributed by atoms with E-state index in [-0.39, 0.29) is 36.0 Å². The first-order valence-electron chi connectivity index (χ1n) is 9.91. The van der Waals surface area contributed by atoms with Crippen LogP contribution in [0.5, 0.6) is 11.8 Å². The Morgan fingerprint density at radius 3 is 2.63 bits per heavy atom. The number of pyridine rings is 1. The zero-order valence-electron chi connectivity index (χ0n) is 17.4. The van der Waals surface area contributed by atoms with Gasteiger partial charge in [-0.05, 0) is 24.3 Å². The maximum atomic E-state index is 13.2. The molecule has 0 bridgehead atoms. The fourth-order valence-corrected chi connectivity index (χ4v) is 3.46. The number of carbonyl (C=O) groups excluding carboxylic acids is 2. The molecule has 3 aromatic rings. The van der Waals surface area contributed by atoms with E-state index in [1.807, 2.05) is 0 Å². The highest BCUT2D eigenvalue weighted by Gasteiger charge is 2.42. The van der Waals surface area contributed by atoms with E-state index < -0.39 is 42.1 Å². The molecule has 15 heteroatoms. The molecule has 1 saturated heterocycles. The van der Waals surface area contributed by atoms with E-state index in [0.29, 0.717) is 5.02 Å². The Labute approximate surface area is 204 Å². The molecule has 0 saturated carbocycles. The van der Waals surface area contributed by atoms with Crippen LogP contribution in [-0.4, -0.2) is 68.9 Å². The molecule has 35 heavy (non-hydrogen) atoms. The summed E-state index contributed by atoms with van der Waals surface area (Å²) in [5, 5.41) is 6.52. The van der Waals surface area contributed by atoms with Crippen LogP contribution in [0.4, 0.5) is 28.0 Å². The largest absolute Gasteiger partial charge is 0.477 e. The minimum Gasteiger partial charge on any atom is -0.477 e. The summed E-state index contributed by atoms with van der Waals surface area (Å²) in [7, 11) is 0. The number of benzene rings is 1. The molecular weight excluding hydrogens is 521 g/mol. The van der Waals surface area contributed by atoms with Crippen LogP contribution in [0.3, 0.4) is 0 Å². The van der Waals surface area contributed by atoms with E-state index in [1.54, 1.807) is 0 Å². The van der Waals surface area contributed by atoms with E-state index in [4.69, 9.17) is 32.7 Å². The van der Waals surface area contributed by atoms with Gasteiger partial charge in [0.05, 0.1) is 24.7 Å². The summed E-state index contributed by atoms with van der Waals surface area (Å²) < 4.78 is 64.1. The van der Waals surface area contributed by atoms with Crippen LogP contribution in [0.15, 0.2) is 36.5 Å². The Morgan fingerprint density at radius 2 is 1.97 bits per heavy atom. The first-order chi connectivity index (χ1) is 16.5. The lowest BCUT2D eigenvalue weighted by Gasteiger charge is -2.34. The van der Waals surface area contributed by atoms with Crippen LogP contribution in [0.25, 0.3) is 5.65 Å². The number of ether oxygens (including phenoxy) is 2. The molecule has 9 nitrogen and oxygen atoms in total. The summed E-state index contributed by atoms with van der Waals surface area (Å²) >= 11 is 11.3. The predicted octanol–water partition coefficient (Wildman–Crippen LogP) is 4.34. The van der Waals surface area contributed by atoms with Crippen LogP contribution in [-0.2, 0) is 0 Å². The molecule has 186 valence electrons. The van der Waals surface area contributed by atoms with Crippen LogP contribution < -0.4 is 14.8 Å². The topological polar surface area (TPSA) is 98.1 Å². The highest BCUT2D eigenvalue weighted by atomic mass is 35.5. The molecule has 0 spiro atoms. The summed E-state index contributed by atoms with van der Waals surface area (Å²) in [6.45, 7) is -0.267. The third-order valence-electron chi connectivity index (χ3n) is 4.83. The number of aromatic nitrogens is 3. The van der Waals surface area contributed by atoms with E-state index in [1.165, 1.54) is 33.8 Å². The summed E-state index contributed by atoms with van der Waals surface area (Å²) in [6, 6.07) is 6.03. The number of hydrogen-bond donors (Lipinski definition) is 1. The number of halogens is 6. The molecule has 2 aromatic heterocycles. The molecule has 3 heterocycles. The van der Waals surface area contributed by atoms with Crippen molar-refractivity contribution in [3.05, 3.63) is 47.1 Å². The first kappa shape index (κ1) is 24.8. The zero-order chi connectivity index (χ0) is 25.3. The van der Waals surface area contributed by atoms with Gasteiger partial charge >= 0.3 is 18.3 Å². The van der Waals surface area contributed by atoms with Crippen molar-refractivity contribution >= 4 is 46.5 Å². The standard InChI is InChI=1S/C20H15Cl2F4N5O4/c21-7-15(20(24,25)26)34-14-5-10(17(32)30-8-12(23)9-30)1-2-13(14)27-19(33)35-18-28-16-6-11(22)3-4-31(16)29-18/h1-6,12,15H,7-9H2,(H,27,33). The Morgan fingerprint density at radius 1 is 1.23 bits per heavy atom. The van der Waals surface area contributed by atoms with Crippen LogP contribution in [0, 0.1) is 0 Å². The van der Waals surface area contributed by atoms with E-state index in [0.717, 1.165) is 12.1 Å². The van der Waals surface area contributed by atoms with Gasteiger partial charge in [-0.2, -0.15) is 18.2 Å². The Hall–Kier alpha value is -3.32. The molecular formula is C20H15Cl2F4N5O4. The molecule has 1 N–H and O–H groups in total. The number of nitrogens with zero attached hydrogens (tertiary/aromatic N) is 4. The third kappa shape index (κ3) is 5.68. The van der Waals surface area contributed by atoms with Crippen molar-refractivity contribution in [2.75, 3.05) is 24.3 Å². The number of rotatable bonds is 6. The van der Waals surface area contributed by atoms with Crippen molar-refractivity contribution in [2.24, 2.45) is 0 Å². The smallest absolute Gasteiger partial charge is 0.426 e. The van der Waals surface area contributed by atoms with Gasteiger partial charge in [0.15, 0.2) is 5.65 Å². The molecule has 0 aliphatic carbocycles. The number of fused-ring (bicyclic) bond motifs is 1. The van der Waals surface area contributed by atoms with Gasteiger partial charge < -0.3 is 14.4 Å². The second-order valence-electron chi connectivity index (χ2n) is 7.38. The van der Waals surface area contributed by atoms with Crippen LogP contribution >= 0.6 is 23.2 Å². The van der Waals surface area contributed by atoms with Gasteiger partial charge in [-0.25, -0.2) is 13.7 Å². The fraction of sp³-hybridized carbons (Fsp3) is 0.300. The minimum absolute atomic E-state index is 0.0692. The molecule has 1 unspecified atom stereocenters. The third-order valence-corrected chi connectivity index (χ3v) is 5.34. The molecule has 4 rings (SSSR count). The quantitative estimate of drug-likeness (QED) is 0.372. The minimum atomic E-state index is -4.83. The number of nitrogens with one attached hydrogen (secondary N) is 1. The van der Waals surface area contributed by atoms with Crippen molar-refractivity contribution in [3.63, 3.8) is 0 Å². The number of hydrogen-bond acceptors (Lipinski definition) is 6. The van der Waals surface area contributed by atoms with Crippen molar-refractivity contribution in [1.82, 2.24) is 19.5 Å². The number of likely N-dealkylation sites (tertiary alicyclic amines) is 1. The van der Waals surface area contributed by atoms with E-state index in [2.05, 4.69) is 15.4 Å². The van der Waals surface area contributed by atoms with Crippen molar-refractivity contribution < 1.29 is 36.6 Å². The van der Waals surface area contributed by atoms with Gasteiger partial charge in [0.1, 0.15) is 11.9 Å². The van der Waals surface area contributed by atoms with E-state index in [9.17, 15) is 27.2 Å². The van der Waals surface area contributed by atoms with E-state index >= 15 is 0 Å². The Balaban J connectivity index is 1.56. The summed E-state index contributed by atoms with van der Waals surface area (Å²) in [4.78, 5) is 30.0. The molecule has 1 aromatic carbocycles. The lowest BCUT2D eigenvalue weighted by atomic mass is 10.1. The molecule has 1 aliphatic heterocycles. The number of carbonyl (C=O) groups is 2. The fourth-order valence-electron chi connectivity index (χ4n) is 3.07. The average molecular weight is 536 g/mol. The maximum Gasteiger partial charge on any atom is 0.426 e. The summed E-state index contributed by atoms with van der Waals surface area (Å²) in [5.74, 6) is -2.06. The van der Waals surface area contributed by atoms with Gasteiger partial charge in [-0.3, -0.25) is 10.1 Å². The molecule has 1 aliphatic rings. The average Bonchev–Trinajstić information content (AvgIpc) is 3.15. The second kappa shape index (κ2) is 9.74. The van der Waals surface area contributed by atoms with Crippen molar-refractivity contribution in [3.8, 4) is 11.8 Å². The number of amides is 2. The van der Waals surface area contributed by atoms with Gasteiger partial charge in [0, 0.05) is 22.8 Å². The van der Waals surface area contributed by atoms with Gasteiger partial charge in [0.25, 0.3) is 5.91 Å². The van der Waals surface area contributed by atoms with Crippen molar-refractivity contribution in [2.45, 2.75) is 18.5 Å². The Bertz CT molecular complexity index is 1270. The lowest BCUT2D eigenvalue weighted by molar-refractivity contribution is -0.187. The molecule has 1 atom stereocenters. The normalized spacial score (nSPS) is 15.0. The predicted molar refractivity (Wildman–Crippen MR) is 116 cm³/mol. The molecule has 0 radical (unpaired) electrons. The van der Waals surface area contributed by atoms with Gasteiger partial charge in [0.2, 0.25) is 6.10 Å². The lowest BCUT2D eigenvalue weighted by Crippen LogP contribution is -2.51. The number of alkyl halides is 5. The summed E-state index contributed by atoms with van der Waals surface area (Å²) in [5.41, 5.74) is -0.0336. The number of anilines is 1. The van der Waals surface area contributed by atoms with Crippen LogP contribution in [0.1, 0.15) is 10.4 Å². The molecule has 2 amide bonds. The maximum absolute atomic E-state index is 13.2. The zero-order valence-corrected chi connectivity index (χ0v) is 18.9. The molecule has 1 fully saturated rings. The Kier molecular flexibility index (Phi) is 6.90. The first-order valence-corrected chi connectivity index (χ1v) is 10.8. The highest BCUT2D eigenvalue weighted by Crippen LogP contribution is 2.33.